The largest absolute Gasteiger partial charge is 0.465 e. The smallest absolute Gasteiger partial charge is 0.405 e. The predicted octanol–water partition coefficient (Wildman–Crippen LogP) is 3.21. The molecule has 5 N–H and O–H groups in total. The Morgan fingerprint density at radius 1 is 1.17 bits per heavy atom. The third-order valence-electron chi connectivity index (χ3n) is 3.18. The first kappa shape index (κ1) is 17.1. The molecule has 0 aromatic heterocycles. The van der Waals surface area contributed by atoms with Gasteiger partial charge in [-0.3, -0.25) is 4.79 Å². The summed E-state index contributed by atoms with van der Waals surface area (Å²) < 4.78 is 0.966. The fraction of sp³-hybridized carbons (Fsp3) is 0.125. The van der Waals surface area contributed by atoms with Gasteiger partial charge in [-0.05, 0) is 46.4 Å². The summed E-state index contributed by atoms with van der Waals surface area (Å²) in [5.74, 6) is -0.319. The number of carboxylic acid groups (broad SMARTS) is 1. The molecule has 0 unspecified atom stereocenters. The second kappa shape index (κ2) is 7.82. The van der Waals surface area contributed by atoms with Crippen LogP contribution in [-0.4, -0.2) is 17.1 Å². The lowest BCUT2D eigenvalue weighted by molar-refractivity contribution is -0.116. The van der Waals surface area contributed by atoms with Gasteiger partial charge in [0.2, 0.25) is 5.91 Å². The molecule has 120 valence electrons. The van der Waals surface area contributed by atoms with Gasteiger partial charge in [0.05, 0.1) is 23.8 Å². The van der Waals surface area contributed by atoms with Crippen molar-refractivity contribution in [1.82, 2.24) is 5.32 Å². The molecule has 0 saturated carbocycles. The van der Waals surface area contributed by atoms with Gasteiger partial charge in [0, 0.05) is 3.57 Å². The van der Waals surface area contributed by atoms with Crippen LogP contribution < -0.4 is 16.4 Å². The molecule has 6 nitrogen and oxygen atoms in total. The minimum absolute atomic E-state index is 0.0261. The standard InChI is InChI=1S/C16H16IN3O3/c17-11-6-7-13(12(18)8-11)19-15(21)9-14(20-16(22)23)10-4-2-1-3-5-10/h1-8,14,20H,9,18H2,(H,19,21)(H,22,23)/t14-/m0/s1. The van der Waals surface area contributed by atoms with Crippen LogP contribution in [0.1, 0.15) is 18.0 Å². The Morgan fingerprint density at radius 2 is 1.87 bits per heavy atom. The molecule has 0 fully saturated rings. The first-order valence-electron chi connectivity index (χ1n) is 6.85. The molecule has 1 atom stereocenters. The van der Waals surface area contributed by atoms with Crippen molar-refractivity contribution in [2.75, 3.05) is 11.1 Å². The molecule has 0 aliphatic heterocycles. The normalized spacial score (nSPS) is 11.5. The number of nitrogen functional groups attached to an aromatic ring is 1. The molecule has 2 aromatic carbocycles. The second-order valence-corrected chi connectivity index (χ2v) is 6.14. The highest BCUT2D eigenvalue weighted by Crippen LogP contribution is 2.22. The van der Waals surface area contributed by atoms with Gasteiger partial charge in [-0.1, -0.05) is 30.3 Å². The van der Waals surface area contributed by atoms with Gasteiger partial charge in [0.1, 0.15) is 0 Å². The Balaban J connectivity index is 2.09. The van der Waals surface area contributed by atoms with Crippen molar-refractivity contribution in [1.29, 1.82) is 0 Å². The maximum absolute atomic E-state index is 12.2. The second-order valence-electron chi connectivity index (χ2n) is 4.90. The van der Waals surface area contributed by atoms with Gasteiger partial charge >= 0.3 is 6.09 Å². The molecule has 0 spiro atoms. The number of carbonyl (C=O) groups is 2. The lowest BCUT2D eigenvalue weighted by atomic mass is 10.0. The highest BCUT2D eigenvalue weighted by Gasteiger charge is 2.18. The van der Waals surface area contributed by atoms with Crippen molar-refractivity contribution in [3.63, 3.8) is 0 Å². The molecule has 2 aromatic rings. The third-order valence-corrected chi connectivity index (χ3v) is 3.85. The minimum atomic E-state index is -1.18. The molecule has 7 heteroatoms. The third kappa shape index (κ3) is 5.13. The number of nitrogens with two attached hydrogens (primary N) is 1. The van der Waals surface area contributed by atoms with E-state index in [2.05, 4.69) is 33.2 Å². The number of benzene rings is 2. The van der Waals surface area contributed by atoms with Crippen molar-refractivity contribution in [3.05, 3.63) is 57.7 Å². The molecular weight excluding hydrogens is 409 g/mol. The molecule has 0 saturated heterocycles. The number of hydrogen-bond acceptors (Lipinski definition) is 3. The van der Waals surface area contributed by atoms with Crippen LogP contribution in [0.25, 0.3) is 0 Å². The van der Waals surface area contributed by atoms with Gasteiger partial charge < -0.3 is 21.5 Å². The van der Waals surface area contributed by atoms with Crippen LogP contribution in [-0.2, 0) is 4.79 Å². The lowest BCUT2D eigenvalue weighted by Crippen LogP contribution is -2.30. The lowest BCUT2D eigenvalue weighted by Gasteiger charge is -2.17. The van der Waals surface area contributed by atoms with E-state index in [4.69, 9.17) is 10.8 Å². The zero-order valence-electron chi connectivity index (χ0n) is 12.1. The zero-order valence-corrected chi connectivity index (χ0v) is 14.3. The van der Waals surface area contributed by atoms with Crippen LogP contribution >= 0.6 is 22.6 Å². The summed E-state index contributed by atoms with van der Waals surface area (Å²) in [7, 11) is 0. The molecule has 2 amide bonds. The Morgan fingerprint density at radius 3 is 2.48 bits per heavy atom. The van der Waals surface area contributed by atoms with Crippen LogP contribution in [0, 0.1) is 3.57 Å². The summed E-state index contributed by atoms with van der Waals surface area (Å²) in [6, 6.07) is 13.6. The Bertz CT molecular complexity index is 707. The highest BCUT2D eigenvalue weighted by atomic mass is 127. The molecule has 2 rings (SSSR count). The summed E-state index contributed by atoms with van der Waals surface area (Å²) >= 11 is 2.13. The molecule has 0 radical (unpaired) electrons. The first-order chi connectivity index (χ1) is 11.0. The van der Waals surface area contributed by atoms with E-state index in [-0.39, 0.29) is 12.3 Å². The average molecular weight is 425 g/mol. The van der Waals surface area contributed by atoms with E-state index in [1.54, 1.807) is 36.4 Å². The van der Waals surface area contributed by atoms with E-state index in [9.17, 15) is 9.59 Å². The van der Waals surface area contributed by atoms with Crippen molar-refractivity contribution >= 4 is 46.0 Å². The number of hydrogen-bond donors (Lipinski definition) is 4. The van der Waals surface area contributed by atoms with E-state index < -0.39 is 12.1 Å². The quantitative estimate of drug-likeness (QED) is 0.436. The van der Waals surface area contributed by atoms with E-state index in [0.29, 0.717) is 11.4 Å². The van der Waals surface area contributed by atoms with Crippen molar-refractivity contribution in [2.24, 2.45) is 0 Å². The van der Waals surface area contributed by atoms with E-state index in [1.807, 2.05) is 12.1 Å². The van der Waals surface area contributed by atoms with Crippen LogP contribution in [0.4, 0.5) is 16.2 Å². The summed E-state index contributed by atoms with van der Waals surface area (Å²) in [4.78, 5) is 23.2. The van der Waals surface area contributed by atoms with E-state index in [0.717, 1.165) is 9.13 Å². The first-order valence-corrected chi connectivity index (χ1v) is 7.93. The van der Waals surface area contributed by atoms with E-state index >= 15 is 0 Å². The molecule has 0 bridgehead atoms. The molecule has 0 aliphatic carbocycles. The average Bonchev–Trinajstić information content (AvgIpc) is 2.50. The SMILES string of the molecule is Nc1cc(I)ccc1NC(=O)C[C@H](NC(=O)O)c1ccccc1. The summed E-state index contributed by atoms with van der Waals surface area (Å²) in [5, 5.41) is 14.0. The number of carbonyl (C=O) groups excluding carboxylic acids is 1. The Kier molecular flexibility index (Phi) is 5.80. The topological polar surface area (TPSA) is 104 Å². The molecular formula is C16H16IN3O3. The number of nitrogens with one attached hydrogen (secondary N) is 2. The monoisotopic (exact) mass is 425 g/mol. The van der Waals surface area contributed by atoms with Crippen molar-refractivity contribution in [3.8, 4) is 0 Å². The summed E-state index contributed by atoms with van der Waals surface area (Å²) in [6.45, 7) is 0. The minimum Gasteiger partial charge on any atom is -0.465 e. The number of amides is 2. The van der Waals surface area contributed by atoms with Gasteiger partial charge in [-0.15, -0.1) is 0 Å². The van der Waals surface area contributed by atoms with Crippen molar-refractivity contribution in [2.45, 2.75) is 12.5 Å². The van der Waals surface area contributed by atoms with Gasteiger partial charge in [-0.2, -0.15) is 0 Å². The Labute approximate surface area is 147 Å². The van der Waals surface area contributed by atoms with Crippen LogP contribution in [0.15, 0.2) is 48.5 Å². The summed E-state index contributed by atoms with van der Waals surface area (Å²) in [5.41, 5.74) is 7.56. The fourth-order valence-electron chi connectivity index (χ4n) is 2.12. The fourth-order valence-corrected chi connectivity index (χ4v) is 2.64. The maximum atomic E-state index is 12.2. The molecule has 0 aliphatic rings. The summed E-state index contributed by atoms with van der Waals surface area (Å²) in [6.07, 6.45) is -1.21. The molecule has 23 heavy (non-hydrogen) atoms. The number of rotatable bonds is 5. The highest BCUT2D eigenvalue weighted by molar-refractivity contribution is 14.1. The predicted molar refractivity (Wildman–Crippen MR) is 97.2 cm³/mol. The van der Waals surface area contributed by atoms with Gasteiger partial charge in [0.25, 0.3) is 0 Å². The van der Waals surface area contributed by atoms with Gasteiger partial charge in [-0.25, -0.2) is 4.79 Å². The zero-order chi connectivity index (χ0) is 16.8. The van der Waals surface area contributed by atoms with Gasteiger partial charge in [0.15, 0.2) is 0 Å². The maximum Gasteiger partial charge on any atom is 0.405 e. The van der Waals surface area contributed by atoms with Crippen LogP contribution in [0.3, 0.4) is 0 Å². The number of anilines is 2. The Hall–Kier alpha value is -2.29. The van der Waals surface area contributed by atoms with Crippen molar-refractivity contribution < 1.29 is 14.7 Å². The van der Waals surface area contributed by atoms with Crippen LogP contribution in [0.5, 0.6) is 0 Å². The van der Waals surface area contributed by atoms with Crippen LogP contribution in [0.2, 0.25) is 0 Å². The molecule has 0 heterocycles. The number of halogens is 1. The van der Waals surface area contributed by atoms with E-state index in [1.165, 1.54) is 0 Å².